The fourth-order valence-electron chi connectivity index (χ4n) is 2.20. The van der Waals surface area contributed by atoms with Gasteiger partial charge in [0.05, 0.1) is 6.61 Å². The van der Waals surface area contributed by atoms with Crippen LogP contribution in [0.5, 0.6) is 0 Å². The van der Waals surface area contributed by atoms with Crippen LogP contribution in [0.3, 0.4) is 0 Å². The lowest BCUT2D eigenvalue weighted by Crippen LogP contribution is -2.06. The molecule has 0 saturated carbocycles. The number of fused-ring (bicyclic) bond motifs is 1. The van der Waals surface area contributed by atoms with Crippen molar-refractivity contribution in [3.8, 4) is 11.1 Å². The van der Waals surface area contributed by atoms with Crippen molar-refractivity contribution in [2.75, 3.05) is 6.61 Å². The highest BCUT2D eigenvalue weighted by atomic mass is 32.1. The van der Waals surface area contributed by atoms with Crippen LogP contribution >= 0.6 is 11.3 Å². The van der Waals surface area contributed by atoms with E-state index in [1.807, 2.05) is 48.0 Å². The van der Waals surface area contributed by atoms with Gasteiger partial charge < -0.3 is 9.72 Å². The van der Waals surface area contributed by atoms with E-state index < -0.39 is 0 Å². The van der Waals surface area contributed by atoms with Crippen molar-refractivity contribution in [2.45, 2.75) is 6.92 Å². The Balaban J connectivity index is 2.26. The van der Waals surface area contributed by atoms with Crippen LogP contribution in [0, 0.1) is 0 Å². The number of esters is 1. The van der Waals surface area contributed by atoms with Gasteiger partial charge in [-0.2, -0.15) is 11.3 Å². The third-order valence-corrected chi connectivity index (χ3v) is 3.68. The first-order valence-electron chi connectivity index (χ1n) is 6.11. The average Bonchev–Trinajstić information content (AvgIpc) is 3.05. The molecule has 2 heterocycles. The van der Waals surface area contributed by atoms with E-state index in [0.717, 1.165) is 22.0 Å². The first-order valence-corrected chi connectivity index (χ1v) is 7.06. The average molecular weight is 271 g/mol. The highest BCUT2D eigenvalue weighted by molar-refractivity contribution is 7.08. The number of H-pyrrole nitrogens is 1. The van der Waals surface area contributed by atoms with Gasteiger partial charge in [0.25, 0.3) is 0 Å². The molecule has 0 aliphatic heterocycles. The zero-order chi connectivity index (χ0) is 13.2. The number of rotatable bonds is 3. The number of carbonyl (C=O) groups is 1. The summed E-state index contributed by atoms with van der Waals surface area (Å²) in [7, 11) is 0. The second-order valence-electron chi connectivity index (χ2n) is 4.15. The molecule has 0 amide bonds. The smallest absolute Gasteiger partial charge is 0.355 e. The summed E-state index contributed by atoms with van der Waals surface area (Å²) in [4.78, 5) is 15.2. The maximum atomic E-state index is 12.1. The van der Waals surface area contributed by atoms with E-state index in [2.05, 4.69) is 4.98 Å². The van der Waals surface area contributed by atoms with Crippen LogP contribution in [-0.4, -0.2) is 17.6 Å². The summed E-state index contributed by atoms with van der Waals surface area (Å²) in [5.41, 5.74) is 3.45. The van der Waals surface area contributed by atoms with Gasteiger partial charge >= 0.3 is 5.97 Å². The second-order valence-corrected chi connectivity index (χ2v) is 4.93. The number of hydrogen-bond acceptors (Lipinski definition) is 3. The Kier molecular flexibility index (Phi) is 3.09. The van der Waals surface area contributed by atoms with Crippen LogP contribution in [0.1, 0.15) is 17.4 Å². The highest BCUT2D eigenvalue weighted by Gasteiger charge is 2.19. The number of carbonyl (C=O) groups excluding carboxylic acids is 1. The van der Waals surface area contributed by atoms with Gasteiger partial charge in [0.15, 0.2) is 0 Å². The Labute approximate surface area is 114 Å². The number of thiophene rings is 1. The molecule has 0 fully saturated rings. The van der Waals surface area contributed by atoms with Crippen molar-refractivity contribution in [1.29, 1.82) is 0 Å². The Morgan fingerprint density at radius 1 is 1.32 bits per heavy atom. The molecule has 0 spiro atoms. The molecule has 3 nitrogen and oxygen atoms in total. The van der Waals surface area contributed by atoms with Gasteiger partial charge in [-0.15, -0.1) is 0 Å². The van der Waals surface area contributed by atoms with E-state index in [1.54, 1.807) is 11.3 Å². The molecule has 2 aromatic heterocycles. The quantitative estimate of drug-likeness (QED) is 0.729. The Morgan fingerprint density at radius 2 is 2.16 bits per heavy atom. The molecule has 0 aliphatic carbocycles. The minimum Gasteiger partial charge on any atom is -0.461 e. The van der Waals surface area contributed by atoms with E-state index >= 15 is 0 Å². The first-order chi connectivity index (χ1) is 9.31. The third-order valence-electron chi connectivity index (χ3n) is 3.00. The van der Waals surface area contributed by atoms with E-state index in [-0.39, 0.29) is 5.97 Å². The third kappa shape index (κ3) is 2.04. The van der Waals surface area contributed by atoms with Gasteiger partial charge in [-0.05, 0) is 35.4 Å². The van der Waals surface area contributed by atoms with Crippen LogP contribution in [0.2, 0.25) is 0 Å². The van der Waals surface area contributed by atoms with Crippen molar-refractivity contribution < 1.29 is 9.53 Å². The molecule has 3 aromatic rings. The molecule has 19 heavy (non-hydrogen) atoms. The number of aromatic amines is 1. The van der Waals surface area contributed by atoms with E-state index in [0.29, 0.717) is 12.3 Å². The van der Waals surface area contributed by atoms with Gasteiger partial charge in [0.2, 0.25) is 0 Å². The molecular weight excluding hydrogens is 258 g/mol. The van der Waals surface area contributed by atoms with Crippen molar-refractivity contribution >= 4 is 28.2 Å². The summed E-state index contributed by atoms with van der Waals surface area (Å²) in [5.74, 6) is -0.306. The lowest BCUT2D eigenvalue weighted by molar-refractivity contribution is 0.0521. The minimum absolute atomic E-state index is 0.306. The summed E-state index contributed by atoms with van der Waals surface area (Å²) in [6.07, 6.45) is 0. The summed E-state index contributed by atoms with van der Waals surface area (Å²) in [5, 5.41) is 5.09. The normalized spacial score (nSPS) is 10.8. The molecule has 0 bridgehead atoms. The topological polar surface area (TPSA) is 42.1 Å². The maximum Gasteiger partial charge on any atom is 0.355 e. The van der Waals surface area contributed by atoms with Gasteiger partial charge in [-0.25, -0.2) is 4.79 Å². The zero-order valence-corrected chi connectivity index (χ0v) is 11.3. The summed E-state index contributed by atoms with van der Waals surface area (Å²) < 4.78 is 5.13. The fourth-order valence-corrected chi connectivity index (χ4v) is 2.85. The van der Waals surface area contributed by atoms with Crippen LogP contribution < -0.4 is 0 Å². The van der Waals surface area contributed by atoms with Crippen LogP contribution in [-0.2, 0) is 4.74 Å². The molecule has 0 aliphatic rings. The molecule has 0 unspecified atom stereocenters. The fraction of sp³-hybridized carbons (Fsp3) is 0.133. The van der Waals surface area contributed by atoms with E-state index in [4.69, 9.17) is 4.74 Å². The molecule has 0 saturated heterocycles. The Bertz CT molecular complexity index is 713. The number of hydrogen-bond donors (Lipinski definition) is 1. The number of ether oxygens (including phenoxy) is 1. The number of para-hydroxylation sites is 1. The predicted octanol–water partition coefficient (Wildman–Crippen LogP) is 4.07. The Hall–Kier alpha value is -2.07. The SMILES string of the molecule is CCOC(=O)c1[nH]c2ccccc2c1-c1ccsc1. The summed E-state index contributed by atoms with van der Waals surface area (Å²) >= 11 is 1.61. The van der Waals surface area contributed by atoms with Gasteiger partial charge in [-0.1, -0.05) is 18.2 Å². The van der Waals surface area contributed by atoms with Gasteiger partial charge in [0, 0.05) is 16.5 Å². The molecule has 0 radical (unpaired) electrons. The number of nitrogens with one attached hydrogen (secondary N) is 1. The van der Waals surface area contributed by atoms with Crippen LogP contribution in [0.4, 0.5) is 0 Å². The molecule has 1 aromatic carbocycles. The number of benzene rings is 1. The minimum atomic E-state index is -0.306. The predicted molar refractivity (Wildman–Crippen MR) is 77.6 cm³/mol. The standard InChI is InChI=1S/C15H13NO2S/c1-2-18-15(17)14-13(10-7-8-19-9-10)11-5-3-4-6-12(11)16-14/h3-9,16H,2H2,1H3. The highest BCUT2D eigenvalue weighted by Crippen LogP contribution is 2.34. The molecule has 96 valence electrons. The monoisotopic (exact) mass is 271 g/mol. The molecular formula is C15H13NO2S. The van der Waals surface area contributed by atoms with Gasteiger partial charge in [0.1, 0.15) is 5.69 Å². The van der Waals surface area contributed by atoms with Crippen LogP contribution in [0.25, 0.3) is 22.0 Å². The summed E-state index contributed by atoms with van der Waals surface area (Å²) in [6, 6.07) is 9.92. The molecule has 3 rings (SSSR count). The Morgan fingerprint density at radius 3 is 2.89 bits per heavy atom. The molecule has 1 N–H and O–H groups in total. The van der Waals surface area contributed by atoms with Crippen molar-refractivity contribution in [3.05, 3.63) is 46.8 Å². The largest absolute Gasteiger partial charge is 0.461 e. The van der Waals surface area contributed by atoms with Gasteiger partial charge in [-0.3, -0.25) is 0 Å². The first kappa shape index (κ1) is 12.0. The zero-order valence-electron chi connectivity index (χ0n) is 10.5. The lowest BCUT2D eigenvalue weighted by Gasteiger charge is -2.02. The van der Waals surface area contributed by atoms with Crippen molar-refractivity contribution in [1.82, 2.24) is 4.98 Å². The summed E-state index contributed by atoms with van der Waals surface area (Å²) in [6.45, 7) is 2.18. The van der Waals surface area contributed by atoms with Crippen LogP contribution in [0.15, 0.2) is 41.1 Å². The van der Waals surface area contributed by atoms with Crippen molar-refractivity contribution in [3.63, 3.8) is 0 Å². The number of aromatic nitrogens is 1. The van der Waals surface area contributed by atoms with E-state index in [1.165, 1.54) is 0 Å². The molecule has 4 heteroatoms. The second kappa shape index (κ2) is 4.90. The van der Waals surface area contributed by atoms with E-state index in [9.17, 15) is 4.79 Å². The lowest BCUT2D eigenvalue weighted by atomic mass is 10.1. The van der Waals surface area contributed by atoms with Crippen molar-refractivity contribution in [2.24, 2.45) is 0 Å². The maximum absolute atomic E-state index is 12.1. The molecule has 0 atom stereocenters.